The van der Waals surface area contributed by atoms with Crippen molar-refractivity contribution in [3.05, 3.63) is 41.5 Å². The average molecular weight is 354 g/mol. The molecule has 0 aliphatic heterocycles. The highest BCUT2D eigenvalue weighted by Gasteiger charge is 2.37. The molecule has 4 nitrogen and oxygen atoms in total. The first-order valence-corrected chi connectivity index (χ1v) is 8.29. The molecule has 0 heterocycles. The summed E-state index contributed by atoms with van der Waals surface area (Å²) in [6, 6.07) is 7.02. The van der Waals surface area contributed by atoms with Crippen molar-refractivity contribution >= 4 is 17.9 Å². The molecule has 1 aliphatic carbocycles. The van der Waals surface area contributed by atoms with E-state index in [9.17, 15) is 22.8 Å². The van der Waals surface area contributed by atoms with Gasteiger partial charge in [0.2, 0.25) is 0 Å². The van der Waals surface area contributed by atoms with Gasteiger partial charge in [-0.2, -0.15) is 13.2 Å². The summed E-state index contributed by atoms with van der Waals surface area (Å²) in [5, 5.41) is 4.77. The highest BCUT2D eigenvalue weighted by Crippen LogP contribution is 2.18. The molecule has 0 atom stereocenters. The molecule has 1 fully saturated rings. The number of amides is 2. The first-order valence-electron chi connectivity index (χ1n) is 8.29. The Bertz CT molecular complexity index is 635. The van der Waals surface area contributed by atoms with E-state index in [2.05, 4.69) is 5.32 Å². The van der Waals surface area contributed by atoms with Crippen LogP contribution in [0.2, 0.25) is 0 Å². The third kappa shape index (κ3) is 6.25. The van der Waals surface area contributed by atoms with Gasteiger partial charge in [-0.3, -0.25) is 9.59 Å². The second kappa shape index (κ2) is 8.69. The molecular weight excluding hydrogens is 333 g/mol. The molecule has 0 saturated heterocycles. The lowest BCUT2D eigenvalue weighted by Gasteiger charge is -2.22. The minimum absolute atomic E-state index is 0.146. The molecule has 2 amide bonds. The number of carbonyl (C=O) groups excluding carboxylic acids is 2. The van der Waals surface area contributed by atoms with Gasteiger partial charge in [-0.05, 0) is 30.5 Å². The van der Waals surface area contributed by atoms with Gasteiger partial charge in [0, 0.05) is 18.2 Å². The normalized spacial score (nSPS) is 16.0. The minimum Gasteiger partial charge on any atom is -0.349 e. The smallest absolute Gasteiger partial charge is 0.349 e. The van der Waals surface area contributed by atoms with Crippen LogP contribution in [0.15, 0.2) is 30.3 Å². The van der Waals surface area contributed by atoms with E-state index in [1.807, 2.05) is 0 Å². The molecule has 0 bridgehead atoms. The van der Waals surface area contributed by atoms with Crippen LogP contribution in [-0.4, -0.2) is 30.6 Å². The summed E-state index contributed by atoms with van der Waals surface area (Å²) >= 11 is 0. The zero-order valence-electron chi connectivity index (χ0n) is 13.7. The van der Waals surface area contributed by atoms with Gasteiger partial charge in [0.1, 0.15) is 0 Å². The Labute approximate surface area is 144 Å². The van der Waals surface area contributed by atoms with Gasteiger partial charge < -0.3 is 10.6 Å². The largest absolute Gasteiger partial charge is 0.471 e. The Morgan fingerprint density at radius 1 is 1.16 bits per heavy atom. The molecule has 2 rings (SSSR count). The van der Waals surface area contributed by atoms with Crippen molar-refractivity contribution in [2.75, 3.05) is 6.54 Å². The third-order valence-electron chi connectivity index (χ3n) is 4.04. The van der Waals surface area contributed by atoms with E-state index < -0.39 is 12.1 Å². The van der Waals surface area contributed by atoms with Gasteiger partial charge in [-0.1, -0.05) is 43.5 Å². The number of rotatable bonds is 5. The van der Waals surface area contributed by atoms with Crippen LogP contribution in [0.25, 0.3) is 6.08 Å². The summed E-state index contributed by atoms with van der Waals surface area (Å²) in [4.78, 5) is 23.0. The molecule has 1 saturated carbocycles. The Kier molecular flexibility index (Phi) is 6.61. The maximum absolute atomic E-state index is 12.3. The Morgan fingerprint density at radius 2 is 1.88 bits per heavy atom. The quantitative estimate of drug-likeness (QED) is 0.851. The number of hydrogen-bond donors (Lipinski definition) is 2. The summed E-state index contributed by atoms with van der Waals surface area (Å²) < 4.78 is 36.2. The van der Waals surface area contributed by atoms with E-state index in [0.29, 0.717) is 11.1 Å². The molecule has 1 aliphatic rings. The first-order chi connectivity index (χ1) is 11.9. The summed E-state index contributed by atoms with van der Waals surface area (Å²) in [5.41, 5.74) is 1.18. The Morgan fingerprint density at radius 3 is 2.56 bits per heavy atom. The predicted molar refractivity (Wildman–Crippen MR) is 88.9 cm³/mol. The summed E-state index contributed by atoms with van der Waals surface area (Å²) in [5.74, 6) is -2.12. The SMILES string of the molecule is O=C(NC1CCCCC1)c1cccc(C=CCNC(=O)C(F)(F)F)c1. The second-order valence-electron chi connectivity index (χ2n) is 6.04. The molecule has 1 aromatic carbocycles. The first kappa shape index (κ1) is 19.0. The fourth-order valence-corrected chi connectivity index (χ4v) is 2.75. The number of carbonyl (C=O) groups is 2. The van der Waals surface area contributed by atoms with Crippen LogP contribution in [-0.2, 0) is 4.79 Å². The second-order valence-corrected chi connectivity index (χ2v) is 6.04. The molecule has 2 N–H and O–H groups in total. The van der Waals surface area contributed by atoms with Crippen LogP contribution >= 0.6 is 0 Å². The highest BCUT2D eigenvalue weighted by atomic mass is 19.4. The fourth-order valence-electron chi connectivity index (χ4n) is 2.75. The van der Waals surface area contributed by atoms with Crippen molar-refractivity contribution in [3.63, 3.8) is 0 Å². The standard InChI is InChI=1S/C18H21F3N2O2/c19-18(20,21)17(25)22-11-5-7-13-6-4-8-14(12-13)16(24)23-15-9-2-1-3-10-15/h4-8,12,15H,1-3,9-11H2,(H,22,25)(H,23,24). The number of nitrogens with one attached hydrogen (secondary N) is 2. The topological polar surface area (TPSA) is 58.2 Å². The highest BCUT2D eigenvalue weighted by molar-refractivity contribution is 5.95. The zero-order chi connectivity index (χ0) is 18.3. The summed E-state index contributed by atoms with van der Waals surface area (Å²) in [6.45, 7) is -0.239. The van der Waals surface area contributed by atoms with Gasteiger partial charge >= 0.3 is 12.1 Å². The van der Waals surface area contributed by atoms with Crippen LogP contribution in [0.4, 0.5) is 13.2 Å². The molecule has 0 unspecified atom stereocenters. The number of hydrogen-bond acceptors (Lipinski definition) is 2. The maximum Gasteiger partial charge on any atom is 0.471 e. The van der Waals surface area contributed by atoms with E-state index in [4.69, 9.17) is 0 Å². The zero-order valence-corrected chi connectivity index (χ0v) is 13.7. The number of halogens is 3. The Balaban J connectivity index is 1.88. The average Bonchev–Trinajstić information content (AvgIpc) is 2.59. The molecule has 0 spiro atoms. The van der Waals surface area contributed by atoms with Crippen LogP contribution in [0.5, 0.6) is 0 Å². The third-order valence-corrected chi connectivity index (χ3v) is 4.04. The van der Waals surface area contributed by atoms with E-state index in [0.717, 1.165) is 25.7 Å². The lowest BCUT2D eigenvalue weighted by atomic mass is 9.95. The minimum atomic E-state index is -4.88. The molecule has 7 heteroatoms. The maximum atomic E-state index is 12.3. The lowest BCUT2D eigenvalue weighted by molar-refractivity contribution is -0.173. The lowest BCUT2D eigenvalue weighted by Crippen LogP contribution is -2.36. The van der Waals surface area contributed by atoms with E-state index in [-0.39, 0.29) is 18.5 Å². The van der Waals surface area contributed by atoms with E-state index in [1.54, 1.807) is 35.7 Å². The van der Waals surface area contributed by atoms with Crippen molar-refractivity contribution in [1.82, 2.24) is 10.6 Å². The predicted octanol–water partition coefficient (Wildman–Crippen LogP) is 3.44. The molecule has 136 valence electrons. The van der Waals surface area contributed by atoms with Gasteiger partial charge in [0.15, 0.2) is 0 Å². The van der Waals surface area contributed by atoms with Crippen molar-refractivity contribution in [3.8, 4) is 0 Å². The van der Waals surface area contributed by atoms with Gasteiger partial charge in [-0.25, -0.2) is 0 Å². The summed E-state index contributed by atoms with van der Waals surface area (Å²) in [6.07, 6.45) is 3.52. The van der Waals surface area contributed by atoms with Gasteiger partial charge in [0.05, 0.1) is 0 Å². The van der Waals surface area contributed by atoms with Crippen LogP contribution < -0.4 is 10.6 Å². The molecule has 25 heavy (non-hydrogen) atoms. The van der Waals surface area contributed by atoms with E-state index >= 15 is 0 Å². The van der Waals surface area contributed by atoms with E-state index in [1.165, 1.54) is 12.5 Å². The molecule has 1 aromatic rings. The number of benzene rings is 1. The Hall–Kier alpha value is -2.31. The van der Waals surface area contributed by atoms with Crippen molar-refractivity contribution in [2.24, 2.45) is 0 Å². The van der Waals surface area contributed by atoms with Crippen molar-refractivity contribution in [1.29, 1.82) is 0 Å². The van der Waals surface area contributed by atoms with Crippen LogP contribution in [0.3, 0.4) is 0 Å². The monoisotopic (exact) mass is 354 g/mol. The van der Waals surface area contributed by atoms with Crippen molar-refractivity contribution in [2.45, 2.75) is 44.3 Å². The van der Waals surface area contributed by atoms with Crippen LogP contribution in [0, 0.1) is 0 Å². The molecular formula is C18H21F3N2O2. The summed E-state index contributed by atoms with van der Waals surface area (Å²) in [7, 11) is 0. The van der Waals surface area contributed by atoms with Gasteiger partial charge in [0.25, 0.3) is 5.91 Å². The number of alkyl halides is 3. The van der Waals surface area contributed by atoms with Crippen LogP contribution in [0.1, 0.15) is 48.0 Å². The molecule has 0 aromatic heterocycles. The van der Waals surface area contributed by atoms with Crippen molar-refractivity contribution < 1.29 is 22.8 Å². The van der Waals surface area contributed by atoms with Gasteiger partial charge in [-0.15, -0.1) is 0 Å². The fraction of sp³-hybridized carbons (Fsp3) is 0.444. The molecule has 0 radical (unpaired) electrons.